The monoisotopic (exact) mass is 235 g/mol. The molecule has 1 aromatic rings. The quantitative estimate of drug-likeness (QED) is 0.795. The van der Waals surface area contributed by atoms with Crippen LogP contribution in [0.15, 0.2) is 12.1 Å². The Bertz CT molecular complexity index is 337. The van der Waals surface area contributed by atoms with Gasteiger partial charge in [-0.25, -0.2) is 0 Å². The highest BCUT2D eigenvalue weighted by Gasteiger charge is 2.15. The van der Waals surface area contributed by atoms with Crippen LogP contribution in [0.2, 0.25) is 0 Å². The van der Waals surface area contributed by atoms with E-state index in [1.165, 1.54) is 0 Å². The van der Waals surface area contributed by atoms with Crippen molar-refractivity contribution >= 4 is 5.82 Å². The zero-order valence-electron chi connectivity index (χ0n) is 10.6. The number of hydrogen-bond donors (Lipinski definition) is 2. The molecule has 0 saturated carbocycles. The lowest BCUT2D eigenvalue weighted by molar-refractivity contribution is 0.234. The first-order chi connectivity index (χ1) is 8.24. The third-order valence-electron chi connectivity index (χ3n) is 3.06. The fourth-order valence-electron chi connectivity index (χ4n) is 2.05. The van der Waals surface area contributed by atoms with Crippen molar-refractivity contribution in [3.63, 3.8) is 0 Å². The summed E-state index contributed by atoms with van der Waals surface area (Å²) >= 11 is 0. The van der Waals surface area contributed by atoms with Crippen LogP contribution in [0, 0.1) is 6.92 Å². The molecule has 2 heterocycles. The molecule has 1 aromatic heterocycles. The number of aromatic nitrogens is 2. The summed E-state index contributed by atoms with van der Waals surface area (Å²) in [6, 6.07) is 4.53. The molecule has 1 aliphatic heterocycles. The Balaban J connectivity index is 1.70. The highest BCUT2D eigenvalue weighted by Crippen LogP contribution is 2.04. The second-order valence-electron chi connectivity index (χ2n) is 4.69. The third kappa shape index (κ3) is 3.94. The van der Waals surface area contributed by atoms with Crippen LogP contribution in [0.4, 0.5) is 5.82 Å². The van der Waals surface area contributed by atoms with Gasteiger partial charge in [0.2, 0.25) is 0 Å². The van der Waals surface area contributed by atoms with E-state index >= 15 is 0 Å². The molecular weight excluding hydrogens is 214 g/mol. The van der Waals surface area contributed by atoms with Crippen LogP contribution in [0.1, 0.15) is 12.1 Å². The van der Waals surface area contributed by atoms with Gasteiger partial charge in [-0.2, -0.15) is 5.10 Å². The Morgan fingerprint density at radius 2 is 2.35 bits per heavy atom. The van der Waals surface area contributed by atoms with Gasteiger partial charge in [0.1, 0.15) is 5.82 Å². The van der Waals surface area contributed by atoms with Crippen molar-refractivity contribution in [1.29, 1.82) is 0 Å². The van der Waals surface area contributed by atoms with Crippen LogP contribution in [-0.2, 0) is 0 Å². The van der Waals surface area contributed by atoms with Crippen LogP contribution in [0.5, 0.6) is 0 Å². The van der Waals surface area contributed by atoms with Gasteiger partial charge in [-0.05, 0) is 32.5 Å². The Labute approximate surface area is 103 Å². The van der Waals surface area contributed by atoms with Gasteiger partial charge in [-0.15, -0.1) is 5.10 Å². The number of likely N-dealkylation sites (N-methyl/N-ethyl adjacent to an activating group) is 1. The van der Waals surface area contributed by atoms with E-state index in [1.54, 1.807) is 0 Å². The van der Waals surface area contributed by atoms with Crippen molar-refractivity contribution in [2.24, 2.45) is 0 Å². The highest BCUT2D eigenvalue weighted by atomic mass is 15.2. The van der Waals surface area contributed by atoms with Crippen LogP contribution in [-0.4, -0.2) is 54.4 Å². The summed E-state index contributed by atoms with van der Waals surface area (Å²) in [4.78, 5) is 2.37. The molecule has 5 heteroatoms. The third-order valence-corrected chi connectivity index (χ3v) is 3.06. The molecule has 0 aromatic carbocycles. The van der Waals surface area contributed by atoms with E-state index in [4.69, 9.17) is 0 Å². The lowest BCUT2D eigenvalue weighted by atomic mass is 10.1. The molecule has 1 saturated heterocycles. The van der Waals surface area contributed by atoms with E-state index in [2.05, 4.69) is 32.8 Å². The number of anilines is 1. The zero-order valence-corrected chi connectivity index (χ0v) is 10.6. The molecule has 0 bridgehead atoms. The second-order valence-corrected chi connectivity index (χ2v) is 4.69. The van der Waals surface area contributed by atoms with Crippen LogP contribution >= 0.6 is 0 Å². The Kier molecular flexibility index (Phi) is 4.28. The minimum atomic E-state index is 0.583. The van der Waals surface area contributed by atoms with Gasteiger partial charge in [0.15, 0.2) is 0 Å². The molecule has 17 heavy (non-hydrogen) atoms. The maximum Gasteiger partial charge on any atom is 0.148 e. The molecule has 1 unspecified atom stereocenters. The van der Waals surface area contributed by atoms with Crippen molar-refractivity contribution in [2.75, 3.05) is 38.5 Å². The maximum atomic E-state index is 4.08. The smallest absolute Gasteiger partial charge is 0.148 e. The summed E-state index contributed by atoms with van der Waals surface area (Å²) in [5, 5.41) is 14.9. The SMILES string of the molecule is Cc1ccc(NCCC2CN(C)CCN2)nn1. The van der Waals surface area contributed by atoms with E-state index < -0.39 is 0 Å². The summed E-state index contributed by atoms with van der Waals surface area (Å²) in [5.41, 5.74) is 0.950. The maximum absolute atomic E-state index is 4.08. The molecule has 5 nitrogen and oxygen atoms in total. The Morgan fingerprint density at radius 3 is 3.06 bits per heavy atom. The molecule has 0 spiro atoms. The molecular formula is C12H21N5. The Morgan fingerprint density at radius 1 is 1.47 bits per heavy atom. The fraction of sp³-hybridized carbons (Fsp3) is 0.667. The number of nitrogens with zero attached hydrogens (tertiary/aromatic N) is 3. The van der Waals surface area contributed by atoms with Crippen molar-refractivity contribution in [3.8, 4) is 0 Å². The molecule has 0 amide bonds. The van der Waals surface area contributed by atoms with Crippen molar-refractivity contribution in [2.45, 2.75) is 19.4 Å². The first-order valence-electron chi connectivity index (χ1n) is 6.20. The average molecular weight is 235 g/mol. The van der Waals surface area contributed by atoms with Gasteiger partial charge in [0, 0.05) is 32.2 Å². The number of nitrogens with one attached hydrogen (secondary N) is 2. The van der Waals surface area contributed by atoms with Crippen LogP contribution in [0.25, 0.3) is 0 Å². The van der Waals surface area contributed by atoms with Gasteiger partial charge in [-0.1, -0.05) is 0 Å². The summed E-state index contributed by atoms with van der Waals surface area (Å²) in [7, 11) is 2.17. The van der Waals surface area contributed by atoms with Crippen molar-refractivity contribution in [1.82, 2.24) is 20.4 Å². The first kappa shape index (κ1) is 12.3. The van der Waals surface area contributed by atoms with Crippen molar-refractivity contribution < 1.29 is 0 Å². The standard InChI is InChI=1S/C12H21N5/c1-10-3-4-12(16-15-10)14-6-5-11-9-17(2)8-7-13-11/h3-4,11,13H,5-9H2,1-2H3,(H,14,16). The van der Waals surface area contributed by atoms with Gasteiger partial charge < -0.3 is 15.5 Å². The van der Waals surface area contributed by atoms with Crippen LogP contribution < -0.4 is 10.6 Å². The van der Waals surface area contributed by atoms with E-state index in [0.717, 1.165) is 44.1 Å². The highest BCUT2D eigenvalue weighted by molar-refractivity contribution is 5.32. The Hall–Kier alpha value is -1.20. The summed E-state index contributed by atoms with van der Waals surface area (Å²) in [6.45, 7) is 6.24. The number of rotatable bonds is 4. The van der Waals surface area contributed by atoms with E-state index in [-0.39, 0.29) is 0 Å². The summed E-state index contributed by atoms with van der Waals surface area (Å²) < 4.78 is 0. The van der Waals surface area contributed by atoms with Gasteiger partial charge in [-0.3, -0.25) is 0 Å². The number of piperazine rings is 1. The van der Waals surface area contributed by atoms with Gasteiger partial charge >= 0.3 is 0 Å². The predicted molar refractivity (Wildman–Crippen MR) is 69.2 cm³/mol. The predicted octanol–water partition coefficient (Wildman–Crippen LogP) is 0.491. The molecule has 0 radical (unpaired) electrons. The molecule has 2 rings (SSSR count). The molecule has 1 fully saturated rings. The molecule has 0 aliphatic carbocycles. The number of aryl methyl sites for hydroxylation is 1. The summed E-state index contributed by atoms with van der Waals surface area (Å²) in [6.07, 6.45) is 1.11. The van der Waals surface area contributed by atoms with Crippen LogP contribution in [0.3, 0.4) is 0 Å². The number of hydrogen-bond acceptors (Lipinski definition) is 5. The lowest BCUT2D eigenvalue weighted by Gasteiger charge is -2.30. The minimum Gasteiger partial charge on any atom is -0.369 e. The normalized spacial score (nSPS) is 21.4. The zero-order chi connectivity index (χ0) is 12.1. The molecule has 94 valence electrons. The van der Waals surface area contributed by atoms with Gasteiger partial charge in [0.05, 0.1) is 5.69 Å². The molecule has 2 N–H and O–H groups in total. The van der Waals surface area contributed by atoms with E-state index in [0.29, 0.717) is 6.04 Å². The second kappa shape index (κ2) is 5.93. The largest absolute Gasteiger partial charge is 0.369 e. The van der Waals surface area contributed by atoms with Crippen molar-refractivity contribution in [3.05, 3.63) is 17.8 Å². The van der Waals surface area contributed by atoms with Gasteiger partial charge in [0.25, 0.3) is 0 Å². The lowest BCUT2D eigenvalue weighted by Crippen LogP contribution is -2.49. The van der Waals surface area contributed by atoms with E-state index in [1.807, 2.05) is 19.1 Å². The van der Waals surface area contributed by atoms with E-state index in [9.17, 15) is 0 Å². The average Bonchev–Trinajstić information content (AvgIpc) is 2.32. The first-order valence-corrected chi connectivity index (χ1v) is 6.20. The molecule has 1 aliphatic rings. The summed E-state index contributed by atoms with van der Waals surface area (Å²) in [5.74, 6) is 0.861. The fourth-order valence-corrected chi connectivity index (χ4v) is 2.05. The minimum absolute atomic E-state index is 0.583. The molecule has 1 atom stereocenters. The topological polar surface area (TPSA) is 53.1 Å².